The van der Waals surface area contributed by atoms with Gasteiger partial charge in [-0.05, 0) is 18.8 Å². The molecule has 0 aromatic carbocycles. The fraction of sp³-hybridized carbons (Fsp3) is 0.812. The number of rotatable bonds is 8. The van der Waals surface area contributed by atoms with E-state index in [-0.39, 0.29) is 30.8 Å². The average molecular weight is 365 g/mol. The zero-order valence-electron chi connectivity index (χ0n) is 14.7. The second-order valence-corrected chi connectivity index (χ2v) is 6.17. The molecule has 0 aliphatic carbocycles. The third kappa shape index (κ3) is 5.94. The number of halogens is 1. The first-order valence-corrected chi connectivity index (χ1v) is 8.17. The average Bonchev–Trinajstić information content (AvgIpc) is 2.95. The summed E-state index contributed by atoms with van der Waals surface area (Å²) in [5, 5.41) is 15.1. The summed E-state index contributed by atoms with van der Waals surface area (Å²) in [7, 11) is 1.29. The third-order valence-corrected chi connectivity index (χ3v) is 4.68. The van der Waals surface area contributed by atoms with Crippen LogP contribution in [0, 0.1) is 11.8 Å². The van der Waals surface area contributed by atoms with Crippen LogP contribution in [-0.4, -0.2) is 48.2 Å². The first-order chi connectivity index (χ1) is 10.8. The summed E-state index contributed by atoms with van der Waals surface area (Å²) in [6.45, 7) is 5.59. The van der Waals surface area contributed by atoms with Gasteiger partial charge in [0, 0.05) is 19.0 Å². The standard InChI is InChI=1S/C16H28N2O5.ClH/c1-5-10(6-2)7-12(17-9(3)19)14-11(16(22)23-4)8-13(18-14)15(20)21;/h10-14,18H,5-8H2,1-4H3,(H,17,19)(H,20,21);1H/t11?,12?,13-,14?;/m0./s1. The van der Waals surface area contributed by atoms with Crippen LogP contribution in [0.15, 0.2) is 0 Å². The third-order valence-electron chi connectivity index (χ3n) is 4.68. The molecular formula is C16H29ClN2O5. The van der Waals surface area contributed by atoms with Crippen LogP contribution < -0.4 is 10.6 Å². The molecule has 0 radical (unpaired) electrons. The molecule has 1 fully saturated rings. The second-order valence-electron chi connectivity index (χ2n) is 6.17. The number of nitrogens with one attached hydrogen (secondary N) is 2. The fourth-order valence-corrected chi connectivity index (χ4v) is 3.32. The summed E-state index contributed by atoms with van der Waals surface area (Å²) < 4.78 is 4.82. The van der Waals surface area contributed by atoms with E-state index in [1.54, 1.807) is 0 Å². The molecule has 0 bridgehead atoms. The van der Waals surface area contributed by atoms with E-state index in [9.17, 15) is 19.5 Å². The Hall–Kier alpha value is -1.34. The van der Waals surface area contributed by atoms with Gasteiger partial charge >= 0.3 is 11.9 Å². The lowest BCUT2D eigenvalue weighted by Crippen LogP contribution is -2.53. The lowest BCUT2D eigenvalue weighted by atomic mass is 9.86. The van der Waals surface area contributed by atoms with Crippen LogP contribution in [0.5, 0.6) is 0 Å². The molecule has 8 heteroatoms. The normalized spacial score (nSPS) is 24.1. The number of carboxylic acid groups (broad SMARTS) is 1. The molecule has 4 atom stereocenters. The van der Waals surface area contributed by atoms with Gasteiger partial charge in [-0.1, -0.05) is 26.7 Å². The Morgan fingerprint density at radius 1 is 1.29 bits per heavy atom. The van der Waals surface area contributed by atoms with Gasteiger partial charge in [0.25, 0.3) is 0 Å². The first-order valence-electron chi connectivity index (χ1n) is 8.17. The van der Waals surface area contributed by atoms with Gasteiger partial charge in [0.2, 0.25) is 5.91 Å². The maximum Gasteiger partial charge on any atom is 0.320 e. The van der Waals surface area contributed by atoms with Crippen molar-refractivity contribution in [3.8, 4) is 0 Å². The van der Waals surface area contributed by atoms with Crippen molar-refractivity contribution >= 4 is 30.3 Å². The molecule has 1 saturated heterocycles. The van der Waals surface area contributed by atoms with Crippen LogP contribution in [0.4, 0.5) is 0 Å². The number of methoxy groups -OCH3 is 1. The number of aliphatic carboxylic acids is 1. The Kier molecular flexibility index (Phi) is 9.92. The number of ether oxygens (including phenoxy) is 1. The van der Waals surface area contributed by atoms with Crippen LogP contribution in [0.2, 0.25) is 0 Å². The molecule has 3 N–H and O–H groups in total. The van der Waals surface area contributed by atoms with E-state index in [1.807, 2.05) is 0 Å². The zero-order valence-corrected chi connectivity index (χ0v) is 15.5. The minimum atomic E-state index is -0.995. The van der Waals surface area contributed by atoms with Crippen molar-refractivity contribution < 1.29 is 24.2 Å². The van der Waals surface area contributed by atoms with Crippen LogP contribution in [0.25, 0.3) is 0 Å². The Bertz CT molecular complexity index is 442. The van der Waals surface area contributed by atoms with Crippen molar-refractivity contribution in [3.63, 3.8) is 0 Å². The monoisotopic (exact) mass is 364 g/mol. The molecule has 1 aliphatic heterocycles. The Labute approximate surface area is 149 Å². The topological polar surface area (TPSA) is 105 Å². The quantitative estimate of drug-likeness (QED) is 0.561. The smallest absolute Gasteiger partial charge is 0.320 e. The van der Waals surface area contributed by atoms with Gasteiger partial charge in [-0.3, -0.25) is 19.7 Å². The molecule has 7 nitrogen and oxygen atoms in total. The van der Waals surface area contributed by atoms with Crippen LogP contribution >= 0.6 is 12.4 Å². The van der Waals surface area contributed by atoms with Gasteiger partial charge in [0.15, 0.2) is 0 Å². The number of hydrogen-bond acceptors (Lipinski definition) is 5. The highest BCUT2D eigenvalue weighted by Gasteiger charge is 2.45. The van der Waals surface area contributed by atoms with Crippen molar-refractivity contribution in [1.82, 2.24) is 10.6 Å². The summed E-state index contributed by atoms with van der Waals surface area (Å²) in [5.74, 6) is -1.80. The van der Waals surface area contributed by atoms with Crippen molar-refractivity contribution in [2.75, 3.05) is 7.11 Å². The maximum absolute atomic E-state index is 12.0. The minimum absolute atomic E-state index is 0. The second kappa shape index (κ2) is 10.5. The Balaban J connectivity index is 0.00000529. The van der Waals surface area contributed by atoms with Crippen molar-refractivity contribution in [3.05, 3.63) is 0 Å². The number of amides is 1. The first kappa shape index (κ1) is 22.7. The van der Waals surface area contributed by atoms with Gasteiger partial charge in [-0.2, -0.15) is 0 Å². The van der Waals surface area contributed by atoms with E-state index in [0.29, 0.717) is 12.3 Å². The molecular weight excluding hydrogens is 336 g/mol. The number of carbonyl (C=O) groups excluding carboxylic acids is 2. The van der Waals surface area contributed by atoms with Crippen molar-refractivity contribution in [2.45, 2.75) is 64.6 Å². The molecule has 1 heterocycles. The fourth-order valence-electron chi connectivity index (χ4n) is 3.32. The van der Waals surface area contributed by atoms with Crippen molar-refractivity contribution in [2.24, 2.45) is 11.8 Å². The molecule has 1 amide bonds. The predicted octanol–water partition coefficient (Wildman–Crippen LogP) is 1.34. The van der Waals surface area contributed by atoms with Crippen LogP contribution in [-0.2, 0) is 19.1 Å². The number of hydrogen-bond donors (Lipinski definition) is 3. The Morgan fingerprint density at radius 3 is 2.29 bits per heavy atom. The molecule has 0 saturated carbocycles. The van der Waals surface area contributed by atoms with Crippen LogP contribution in [0.3, 0.4) is 0 Å². The largest absolute Gasteiger partial charge is 0.480 e. The number of carboxylic acids is 1. The zero-order chi connectivity index (χ0) is 17.6. The van der Waals surface area contributed by atoms with E-state index in [1.165, 1.54) is 14.0 Å². The highest BCUT2D eigenvalue weighted by molar-refractivity contribution is 5.85. The lowest BCUT2D eigenvalue weighted by Gasteiger charge is -2.30. The Morgan fingerprint density at radius 2 is 1.88 bits per heavy atom. The predicted molar refractivity (Wildman–Crippen MR) is 92.0 cm³/mol. The molecule has 1 aliphatic rings. The SMILES string of the molecule is CCC(CC)CC(NC(C)=O)C1N[C@H](C(=O)O)CC1C(=O)OC.Cl. The van der Waals surface area contributed by atoms with Crippen LogP contribution in [0.1, 0.15) is 46.5 Å². The lowest BCUT2D eigenvalue weighted by molar-refractivity contribution is -0.146. The van der Waals surface area contributed by atoms with Crippen molar-refractivity contribution in [1.29, 1.82) is 0 Å². The molecule has 0 aromatic rings. The van der Waals surface area contributed by atoms with E-state index >= 15 is 0 Å². The number of esters is 1. The highest BCUT2D eigenvalue weighted by Crippen LogP contribution is 2.28. The van der Waals surface area contributed by atoms with Gasteiger partial charge < -0.3 is 15.2 Å². The highest BCUT2D eigenvalue weighted by atomic mass is 35.5. The van der Waals surface area contributed by atoms with Gasteiger partial charge in [-0.15, -0.1) is 12.4 Å². The summed E-state index contributed by atoms with van der Waals surface area (Å²) in [4.78, 5) is 34.9. The molecule has 0 aromatic heterocycles. The maximum atomic E-state index is 12.0. The van der Waals surface area contributed by atoms with E-state index < -0.39 is 29.9 Å². The van der Waals surface area contributed by atoms with E-state index in [4.69, 9.17) is 4.74 Å². The van der Waals surface area contributed by atoms with Gasteiger partial charge in [0.05, 0.1) is 13.0 Å². The number of carbonyl (C=O) groups is 3. The van der Waals surface area contributed by atoms with E-state index in [2.05, 4.69) is 24.5 Å². The van der Waals surface area contributed by atoms with Gasteiger partial charge in [-0.25, -0.2) is 0 Å². The molecule has 24 heavy (non-hydrogen) atoms. The molecule has 0 spiro atoms. The molecule has 140 valence electrons. The molecule has 1 rings (SSSR count). The summed E-state index contributed by atoms with van der Waals surface area (Å²) in [5.41, 5.74) is 0. The summed E-state index contributed by atoms with van der Waals surface area (Å²) in [6, 6.07) is -1.54. The minimum Gasteiger partial charge on any atom is -0.480 e. The molecule has 3 unspecified atom stereocenters. The summed E-state index contributed by atoms with van der Waals surface area (Å²) >= 11 is 0. The summed E-state index contributed by atoms with van der Waals surface area (Å²) in [6.07, 6.45) is 2.80. The van der Waals surface area contributed by atoms with E-state index in [0.717, 1.165) is 12.8 Å². The van der Waals surface area contributed by atoms with Gasteiger partial charge in [0.1, 0.15) is 6.04 Å².